The Morgan fingerprint density at radius 2 is 2.11 bits per heavy atom. The monoisotopic (exact) mass is 390 g/mol. The number of nitro groups is 1. The molecular formula is C18H18N2O6S. The largest absolute Gasteiger partial charge is 0.493 e. The van der Waals surface area contributed by atoms with Gasteiger partial charge in [0, 0.05) is 11.8 Å². The molecule has 1 aliphatic rings. The fraction of sp³-hybridized carbons (Fsp3) is 0.278. The minimum atomic E-state index is -0.950. The number of rotatable bonds is 7. The van der Waals surface area contributed by atoms with Gasteiger partial charge in [-0.15, -0.1) is 11.8 Å². The summed E-state index contributed by atoms with van der Waals surface area (Å²) in [7, 11) is 1.41. The molecule has 0 aromatic heterocycles. The second-order valence-corrected chi connectivity index (χ2v) is 7.01. The fourth-order valence-corrected chi connectivity index (χ4v) is 3.94. The van der Waals surface area contributed by atoms with E-state index >= 15 is 0 Å². The Bertz CT molecular complexity index is 845. The van der Waals surface area contributed by atoms with Gasteiger partial charge < -0.3 is 14.6 Å². The maximum atomic E-state index is 11.6. The summed E-state index contributed by atoms with van der Waals surface area (Å²) in [4.78, 5) is 22.2. The molecule has 0 radical (unpaired) electrons. The van der Waals surface area contributed by atoms with Gasteiger partial charge in [0.1, 0.15) is 12.6 Å². The standard InChI is InChI=1S/C18H18N2O6S/c1-25-15-8-12(17-19-13(10-27-17)18(21)22)7-14(20(23)24)16(15)26-9-11-5-3-2-4-6-11/h2-8,13,17,19H,9-10H2,1H3,(H,21,22)/t13-,17+/m1/s1. The van der Waals surface area contributed by atoms with Crippen molar-refractivity contribution in [1.82, 2.24) is 5.32 Å². The van der Waals surface area contributed by atoms with Crippen molar-refractivity contribution in [3.05, 3.63) is 63.7 Å². The van der Waals surface area contributed by atoms with Gasteiger partial charge in [-0.2, -0.15) is 0 Å². The lowest BCUT2D eigenvalue weighted by molar-refractivity contribution is -0.386. The first-order chi connectivity index (χ1) is 13.0. The molecule has 1 fully saturated rings. The van der Waals surface area contributed by atoms with E-state index in [-0.39, 0.29) is 29.2 Å². The zero-order valence-corrected chi connectivity index (χ0v) is 15.3. The van der Waals surface area contributed by atoms with Crippen molar-refractivity contribution in [3.8, 4) is 11.5 Å². The molecule has 2 atom stereocenters. The minimum absolute atomic E-state index is 0.0490. The van der Waals surface area contributed by atoms with Crippen LogP contribution < -0.4 is 14.8 Å². The van der Waals surface area contributed by atoms with E-state index in [9.17, 15) is 14.9 Å². The molecule has 1 saturated heterocycles. The number of nitrogens with one attached hydrogen (secondary N) is 1. The number of carboxylic acid groups (broad SMARTS) is 1. The Balaban J connectivity index is 1.89. The summed E-state index contributed by atoms with van der Waals surface area (Å²) in [5.41, 5.74) is 1.22. The summed E-state index contributed by atoms with van der Waals surface area (Å²) < 4.78 is 11.0. The first-order valence-corrected chi connectivity index (χ1v) is 9.18. The van der Waals surface area contributed by atoms with Gasteiger partial charge in [-0.25, -0.2) is 0 Å². The lowest BCUT2D eigenvalue weighted by Gasteiger charge is -2.16. The Morgan fingerprint density at radius 3 is 2.70 bits per heavy atom. The summed E-state index contributed by atoms with van der Waals surface area (Å²) in [6.07, 6.45) is 0. The SMILES string of the molecule is COc1cc([C@H]2N[C@@H](C(=O)O)CS2)cc([N+](=O)[O-])c1OCc1ccccc1. The van der Waals surface area contributed by atoms with Crippen molar-refractivity contribution in [3.63, 3.8) is 0 Å². The number of hydrogen-bond donors (Lipinski definition) is 2. The Labute approximate surface area is 159 Å². The molecule has 3 rings (SSSR count). The third-order valence-electron chi connectivity index (χ3n) is 4.08. The van der Waals surface area contributed by atoms with Gasteiger partial charge >= 0.3 is 11.7 Å². The van der Waals surface area contributed by atoms with Gasteiger partial charge in [-0.3, -0.25) is 20.2 Å². The first kappa shape index (κ1) is 19.0. The third-order valence-corrected chi connectivity index (χ3v) is 5.35. The molecule has 27 heavy (non-hydrogen) atoms. The number of hydrogen-bond acceptors (Lipinski definition) is 7. The van der Waals surface area contributed by atoms with E-state index in [4.69, 9.17) is 14.6 Å². The summed E-state index contributed by atoms with van der Waals surface area (Å²) >= 11 is 1.38. The van der Waals surface area contributed by atoms with Gasteiger partial charge in [-0.1, -0.05) is 30.3 Å². The number of methoxy groups -OCH3 is 1. The van der Waals surface area contributed by atoms with Gasteiger partial charge in [0.2, 0.25) is 5.75 Å². The number of carbonyl (C=O) groups is 1. The van der Waals surface area contributed by atoms with E-state index in [1.54, 1.807) is 6.07 Å². The third kappa shape index (κ3) is 4.32. The van der Waals surface area contributed by atoms with E-state index in [2.05, 4.69) is 5.32 Å². The zero-order chi connectivity index (χ0) is 19.4. The molecule has 142 valence electrons. The van der Waals surface area contributed by atoms with Crippen LogP contribution in [0.5, 0.6) is 11.5 Å². The topological polar surface area (TPSA) is 111 Å². The second kappa shape index (κ2) is 8.28. The molecule has 1 heterocycles. The molecule has 2 aromatic carbocycles. The van der Waals surface area contributed by atoms with Crippen molar-refractivity contribution in [2.24, 2.45) is 0 Å². The molecule has 2 aromatic rings. The van der Waals surface area contributed by atoms with Crippen molar-refractivity contribution in [2.45, 2.75) is 18.0 Å². The van der Waals surface area contributed by atoms with Crippen molar-refractivity contribution >= 4 is 23.4 Å². The normalized spacial score (nSPS) is 18.9. The number of ether oxygens (including phenoxy) is 2. The van der Waals surface area contributed by atoms with Crippen LogP contribution in [0.1, 0.15) is 16.5 Å². The first-order valence-electron chi connectivity index (χ1n) is 8.13. The van der Waals surface area contributed by atoms with Gasteiger partial charge in [0.25, 0.3) is 0 Å². The van der Waals surface area contributed by atoms with Crippen LogP contribution in [-0.2, 0) is 11.4 Å². The van der Waals surface area contributed by atoms with E-state index in [1.807, 2.05) is 30.3 Å². The van der Waals surface area contributed by atoms with Crippen LogP contribution in [0.15, 0.2) is 42.5 Å². The molecule has 1 aliphatic heterocycles. The number of benzene rings is 2. The maximum absolute atomic E-state index is 11.6. The number of nitrogens with zero attached hydrogens (tertiary/aromatic N) is 1. The Hall–Kier alpha value is -2.78. The molecule has 0 amide bonds. The van der Waals surface area contributed by atoms with Crippen LogP contribution in [0, 0.1) is 10.1 Å². The zero-order valence-electron chi connectivity index (χ0n) is 14.5. The second-order valence-electron chi connectivity index (χ2n) is 5.87. The molecule has 0 unspecified atom stereocenters. The molecule has 0 saturated carbocycles. The van der Waals surface area contributed by atoms with Gasteiger partial charge in [0.15, 0.2) is 5.75 Å². The molecule has 2 N–H and O–H groups in total. The predicted octanol–water partition coefficient (Wildman–Crippen LogP) is 2.97. The molecule has 8 nitrogen and oxygen atoms in total. The number of carboxylic acids is 1. The Morgan fingerprint density at radius 1 is 1.37 bits per heavy atom. The highest BCUT2D eigenvalue weighted by Gasteiger charge is 2.33. The Kier molecular flexibility index (Phi) is 5.82. The van der Waals surface area contributed by atoms with Crippen molar-refractivity contribution in [2.75, 3.05) is 12.9 Å². The lowest BCUT2D eigenvalue weighted by Crippen LogP contribution is -2.33. The van der Waals surface area contributed by atoms with E-state index in [0.29, 0.717) is 11.3 Å². The highest BCUT2D eigenvalue weighted by atomic mass is 32.2. The highest BCUT2D eigenvalue weighted by molar-refractivity contribution is 7.99. The molecule has 0 bridgehead atoms. The van der Waals surface area contributed by atoms with Crippen LogP contribution >= 0.6 is 11.8 Å². The van der Waals surface area contributed by atoms with Crippen LogP contribution in [0.3, 0.4) is 0 Å². The van der Waals surface area contributed by atoms with E-state index in [1.165, 1.54) is 24.9 Å². The fourth-order valence-electron chi connectivity index (χ4n) is 2.73. The number of nitro benzene ring substituents is 1. The average molecular weight is 390 g/mol. The van der Waals surface area contributed by atoms with Crippen molar-refractivity contribution in [1.29, 1.82) is 0 Å². The van der Waals surface area contributed by atoms with E-state index in [0.717, 1.165) is 5.56 Å². The quantitative estimate of drug-likeness (QED) is 0.548. The lowest BCUT2D eigenvalue weighted by atomic mass is 10.1. The highest BCUT2D eigenvalue weighted by Crippen LogP contribution is 2.43. The predicted molar refractivity (Wildman–Crippen MR) is 100 cm³/mol. The molecule has 0 spiro atoms. The average Bonchev–Trinajstić information content (AvgIpc) is 3.17. The van der Waals surface area contributed by atoms with Gasteiger partial charge in [0.05, 0.1) is 17.4 Å². The summed E-state index contributed by atoms with van der Waals surface area (Å²) in [6.45, 7) is 0.162. The summed E-state index contributed by atoms with van der Waals surface area (Å²) in [6, 6.07) is 11.7. The van der Waals surface area contributed by atoms with Crippen LogP contribution in [-0.4, -0.2) is 34.9 Å². The number of thioether (sulfide) groups is 1. The summed E-state index contributed by atoms with van der Waals surface area (Å²) in [5.74, 6) is -0.291. The number of aliphatic carboxylic acids is 1. The van der Waals surface area contributed by atoms with Crippen LogP contribution in [0.2, 0.25) is 0 Å². The summed E-state index contributed by atoms with van der Waals surface area (Å²) in [5, 5.41) is 23.3. The van der Waals surface area contributed by atoms with Crippen LogP contribution in [0.4, 0.5) is 5.69 Å². The molecular weight excluding hydrogens is 372 g/mol. The molecule has 0 aliphatic carbocycles. The van der Waals surface area contributed by atoms with Crippen molar-refractivity contribution < 1.29 is 24.3 Å². The maximum Gasteiger partial charge on any atom is 0.321 e. The minimum Gasteiger partial charge on any atom is -0.493 e. The van der Waals surface area contributed by atoms with Gasteiger partial charge in [-0.05, 0) is 17.2 Å². The smallest absolute Gasteiger partial charge is 0.321 e. The molecule has 9 heteroatoms. The van der Waals surface area contributed by atoms with Crippen LogP contribution in [0.25, 0.3) is 0 Å². The van der Waals surface area contributed by atoms with E-state index < -0.39 is 16.9 Å².